The molecular formula is C11H12BrF2NO. The van der Waals surface area contributed by atoms with Crippen LogP contribution in [0.2, 0.25) is 0 Å². The maximum absolute atomic E-state index is 12.4. The first-order valence-corrected chi connectivity index (χ1v) is 5.85. The maximum Gasteiger partial charge on any atom is 0.253 e. The highest BCUT2D eigenvalue weighted by Crippen LogP contribution is 2.33. The molecule has 2 nitrogen and oxygen atoms in total. The van der Waals surface area contributed by atoms with Crippen molar-refractivity contribution in [2.24, 2.45) is 5.73 Å². The fourth-order valence-electron chi connectivity index (χ4n) is 1.84. The predicted molar refractivity (Wildman–Crippen MR) is 61.0 cm³/mol. The van der Waals surface area contributed by atoms with Gasteiger partial charge in [-0.1, -0.05) is 15.9 Å². The summed E-state index contributed by atoms with van der Waals surface area (Å²) in [6.45, 7) is 0.614. The summed E-state index contributed by atoms with van der Waals surface area (Å²) in [7, 11) is 0. The quantitative estimate of drug-likeness (QED) is 0.929. The predicted octanol–water partition coefficient (Wildman–Crippen LogP) is 2.52. The number of nitrogens with two attached hydrogens (primary N) is 1. The fraction of sp³-hybridized carbons (Fsp3) is 0.455. The van der Waals surface area contributed by atoms with Crippen molar-refractivity contribution in [1.29, 1.82) is 0 Å². The number of hydrogen-bond donors (Lipinski definition) is 1. The summed E-state index contributed by atoms with van der Waals surface area (Å²) in [5.41, 5.74) is 7.19. The van der Waals surface area contributed by atoms with Crippen molar-refractivity contribution in [1.82, 2.24) is 0 Å². The SMILES string of the molecule is NC(Cc1cc(Br)cc2c1OCC2)C(F)F. The van der Waals surface area contributed by atoms with E-state index < -0.39 is 12.5 Å². The Balaban J connectivity index is 2.27. The van der Waals surface area contributed by atoms with Crippen LogP contribution in [0.3, 0.4) is 0 Å². The second kappa shape index (κ2) is 4.67. The summed E-state index contributed by atoms with van der Waals surface area (Å²) in [6.07, 6.45) is -1.54. The summed E-state index contributed by atoms with van der Waals surface area (Å²) >= 11 is 3.36. The third-order valence-corrected chi connectivity index (χ3v) is 3.06. The first-order chi connectivity index (χ1) is 7.58. The van der Waals surface area contributed by atoms with Crippen LogP contribution in [0, 0.1) is 0 Å². The third kappa shape index (κ3) is 2.35. The molecule has 1 unspecified atom stereocenters. The Bertz CT molecular complexity index is 398. The Kier molecular flexibility index (Phi) is 3.44. The number of halogens is 3. The van der Waals surface area contributed by atoms with Crippen LogP contribution in [0.25, 0.3) is 0 Å². The van der Waals surface area contributed by atoms with Gasteiger partial charge in [-0.3, -0.25) is 0 Å². The zero-order valence-electron chi connectivity index (χ0n) is 8.55. The molecule has 0 saturated heterocycles. The van der Waals surface area contributed by atoms with E-state index >= 15 is 0 Å². The van der Waals surface area contributed by atoms with Gasteiger partial charge in [0.15, 0.2) is 0 Å². The van der Waals surface area contributed by atoms with E-state index in [4.69, 9.17) is 10.5 Å². The van der Waals surface area contributed by atoms with E-state index in [2.05, 4.69) is 15.9 Å². The van der Waals surface area contributed by atoms with Gasteiger partial charge >= 0.3 is 0 Å². The average Bonchev–Trinajstić information content (AvgIpc) is 2.65. The van der Waals surface area contributed by atoms with Gasteiger partial charge in [-0.2, -0.15) is 0 Å². The van der Waals surface area contributed by atoms with Crippen LogP contribution in [0.1, 0.15) is 11.1 Å². The van der Waals surface area contributed by atoms with Crippen LogP contribution < -0.4 is 10.5 Å². The van der Waals surface area contributed by atoms with Crippen molar-refractivity contribution in [2.75, 3.05) is 6.61 Å². The molecule has 0 fully saturated rings. The summed E-state index contributed by atoms with van der Waals surface area (Å²) in [5.74, 6) is 0.735. The van der Waals surface area contributed by atoms with E-state index in [0.29, 0.717) is 6.61 Å². The molecule has 16 heavy (non-hydrogen) atoms. The van der Waals surface area contributed by atoms with Gasteiger partial charge in [0.1, 0.15) is 5.75 Å². The van der Waals surface area contributed by atoms with E-state index in [1.54, 1.807) is 6.07 Å². The highest BCUT2D eigenvalue weighted by molar-refractivity contribution is 9.10. The van der Waals surface area contributed by atoms with Crippen LogP contribution in [0.15, 0.2) is 16.6 Å². The number of fused-ring (bicyclic) bond motifs is 1. The number of ether oxygens (including phenoxy) is 1. The van der Waals surface area contributed by atoms with Crippen LogP contribution in [-0.4, -0.2) is 19.1 Å². The summed E-state index contributed by atoms with van der Waals surface area (Å²) in [6, 6.07) is 2.62. The molecule has 0 amide bonds. The topological polar surface area (TPSA) is 35.2 Å². The lowest BCUT2D eigenvalue weighted by molar-refractivity contribution is 0.115. The van der Waals surface area contributed by atoms with Crippen LogP contribution in [0.4, 0.5) is 8.78 Å². The van der Waals surface area contributed by atoms with Gasteiger partial charge < -0.3 is 10.5 Å². The molecule has 1 aliphatic heterocycles. The molecule has 2 rings (SSSR count). The number of hydrogen-bond acceptors (Lipinski definition) is 2. The molecule has 1 heterocycles. The van der Waals surface area contributed by atoms with E-state index in [9.17, 15) is 8.78 Å². The van der Waals surface area contributed by atoms with E-state index in [1.165, 1.54) is 0 Å². The fourth-order valence-corrected chi connectivity index (χ4v) is 2.39. The van der Waals surface area contributed by atoms with Gasteiger partial charge in [0.25, 0.3) is 6.43 Å². The van der Waals surface area contributed by atoms with Gasteiger partial charge in [0.2, 0.25) is 0 Å². The second-order valence-corrected chi connectivity index (χ2v) is 4.77. The van der Waals surface area contributed by atoms with Gasteiger partial charge in [-0.05, 0) is 29.7 Å². The molecule has 5 heteroatoms. The Morgan fingerprint density at radius 1 is 1.44 bits per heavy atom. The molecule has 1 aliphatic rings. The normalized spacial score (nSPS) is 16.1. The smallest absolute Gasteiger partial charge is 0.253 e. The minimum atomic E-state index is -2.50. The first kappa shape index (κ1) is 11.8. The molecule has 88 valence electrons. The second-order valence-electron chi connectivity index (χ2n) is 3.85. The molecule has 0 bridgehead atoms. The molecule has 0 spiro atoms. The van der Waals surface area contributed by atoms with E-state index in [0.717, 1.165) is 27.8 Å². The number of alkyl halides is 2. The van der Waals surface area contributed by atoms with E-state index in [1.807, 2.05) is 6.07 Å². The molecule has 1 aromatic rings. The van der Waals surface area contributed by atoms with E-state index in [-0.39, 0.29) is 6.42 Å². The van der Waals surface area contributed by atoms with Gasteiger partial charge in [0, 0.05) is 10.9 Å². The minimum absolute atomic E-state index is 0.138. The maximum atomic E-state index is 12.4. The van der Waals surface area contributed by atoms with Gasteiger partial charge in [-0.25, -0.2) is 8.78 Å². The van der Waals surface area contributed by atoms with Gasteiger partial charge in [0.05, 0.1) is 12.6 Å². The molecule has 0 aliphatic carbocycles. The lowest BCUT2D eigenvalue weighted by Gasteiger charge is -2.13. The lowest BCUT2D eigenvalue weighted by Crippen LogP contribution is -2.31. The molecule has 0 aromatic heterocycles. The van der Waals surface area contributed by atoms with Crippen LogP contribution in [-0.2, 0) is 12.8 Å². The molecular weight excluding hydrogens is 280 g/mol. The van der Waals surface area contributed by atoms with Gasteiger partial charge in [-0.15, -0.1) is 0 Å². The summed E-state index contributed by atoms with van der Waals surface area (Å²) in [4.78, 5) is 0. The first-order valence-electron chi connectivity index (χ1n) is 5.05. The highest BCUT2D eigenvalue weighted by atomic mass is 79.9. The number of benzene rings is 1. The molecule has 1 aromatic carbocycles. The Hall–Kier alpha value is -0.680. The molecule has 1 atom stereocenters. The average molecular weight is 292 g/mol. The van der Waals surface area contributed by atoms with Crippen molar-refractivity contribution in [3.8, 4) is 5.75 Å². The zero-order valence-corrected chi connectivity index (χ0v) is 10.1. The van der Waals surface area contributed by atoms with Crippen LogP contribution in [0.5, 0.6) is 5.75 Å². The summed E-state index contributed by atoms with van der Waals surface area (Å²) < 4.78 is 31.1. The minimum Gasteiger partial charge on any atom is -0.493 e. The van der Waals surface area contributed by atoms with Crippen molar-refractivity contribution in [2.45, 2.75) is 25.3 Å². The third-order valence-electron chi connectivity index (χ3n) is 2.60. The van der Waals surface area contributed by atoms with Crippen molar-refractivity contribution in [3.05, 3.63) is 27.7 Å². The Morgan fingerprint density at radius 3 is 2.88 bits per heavy atom. The zero-order chi connectivity index (χ0) is 11.7. The highest BCUT2D eigenvalue weighted by Gasteiger charge is 2.22. The van der Waals surface area contributed by atoms with Crippen molar-refractivity contribution < 1.29 is 13.5 Å². The standard InChI is InChI=1S/C11H12BrF2NO/c12-8-3-6-1-2-16-10(6)7(4-8)5-9(15)11(13)14/h3-4,9,11H,1-2,5,15H2. The summed E-state index contributed by atoms with van der Waals surface area (Å²) in [5, 5.41) is 0. The van der Waals surface area contributed by atoms with Crippen molar-refractivity contribution >= 4 is 15.9 Å². The number of rotatable bonds is 3. The molecule has 0 saturated carbocycles. The van der Waals surface area contributed by atoms with Crippen molar-refractivity contribution in [3.63, 3.8) is 0 Å². The monoisotopic (exact) mass is 291 g/mol. The molecule has 2 N–H and O–H groups in total. The largest absolute Gasteiger partial charge is 0.493 e. The lowest BCUT2D eigenvalue weighted by atomic mass is 10.0. The Morgan fingerprint density at radius 2 is 2.19 bits per heavy atom. The van der Waals surface area contributed by atoms with Crippen LogP contribution >= 0.6 is 15.9 Å². The molecule has 0 radical (unpaired) electrons. The Labute approximate surface area is 101 Å².